The molecule has 0 unspecified atom stereocenters. The molecule has 3 heterocycles. The number of carbonyl (C=O) groups excluding carboxylic acids is 1. The van der Waals surface area contributed by atoms with E-state index in [-0.39, 0.29) is 11.9 Å². The lowest BCUT2D eigenvalue weighted by atomic mass is 10.2. The number of morpholine rings is 1. The summed E-state index contributed by atoms with van der Waals surface area (Å²) in [5.74, 6) is 1.56. The minimum absolute atomic E-state index is 0.0919. The highest BCUT2D eigenvalue weighted by atomic mass is 16.5. The van der Waals surface area contributed by atoms with Crippen molar-refractivity contribution in [3.63, 3.8) is 0 Å². The molecular formula is C16H27N5O3. The van der Waals surface area contributed by atoms with E-state index < -0.39 is 0 Å². The second kappa shape index (κ2) is 8.04. The Balaban J connectivity index is 1.47. The Morgan fingerprint density at radius 2 is 1.83 bits per heavy atom. The van der Waals surface area contributed by atoms with Crippen molar-refractivity contribution in [1.82, 2.24) is 24.9 Å². The zero-order valence-corrected chi connectivity index (χ0v) is 14.6. The second-order valence-electron chi connectivity index (χ2n) is 6.37. The van der Waals surface area contributed by atoms with E-state index in [1.54, 1.807) is 0 Å². The molecule has 2 aliphatic heterocycles. The van der Waals surface area contributed by atoms with Crippen molar-refractivity contribution < 1.29 is 13.9 Å². The number of rotatable bonds is 5. The maximum atomic E-state index is 12.4. The van der Waals surface area contributed by atoms with Crippen molar-refractivity contribution in [2.45, 2.75) is 26.3 Å². The molecule has 2 aliphatic rings. The van der Waals surface area contributed by atoms with Gasteiger partial charge in [0.25, 0.3) is 0 Å². The van der Waals surface area contributed by atoms with Crippen LogP contribution < -0.4 is 0 Å². The van der Waals surface area contributed by atoms with Gasteiger partial charge in [-0.1, -0.05) is 6.92 Å². The molecule has 24 heavy (non-hydrogen) atoms. The van der Waals surface area contributed by atoms with E-state index in [1.165, 1.54) is 0 Å². The lowest BCUT2D eigenvalue weighted by Crippen LogP contribution is -2.52. The summed E-state index contributed by atoms with van der Waals surface area (Å²) < 4.78 is 11.0. The number of piperazine rings is 1. The summed E-state index contributed by atoms with van der Waals surface area (Å²) in [5.41, 5.74) is 0. The number of hydrogen-bond acceptors (Lipinski definition) is 7. The fourth-order valence-electron chi connectivity index (χ4n) is 3.14. The quantitative estimate of drug-likeness (QED) is 0.758. The van der Waals surface area contributed by atoms with Crippen molar-refractivity contribution in [2.24, 2.45) is 0 Å². The van der Waals surface area contributed by atoms with Crippen molar-refractivity contribution in [1.29, 1.82) is 0 Å². The molecule has 8 heteroatoms. The molecule has 0 N–H and O–H groups in total. The molecule has 2 fully saturated rings. The van der Waals surface area contributed by atoms with Gasteiger partial charge in [0.2, 0.25) is 17.7 Å². The van der Waals surface area contributed by atoms with Gasteiger partial charge in [0, 0.05) is 45.7 Å². The van der Waals surface area contributed by atoms with Crippen LogP contribution >= 0.6 is 0 Å². The van der Waals surface area contributed by atoms with Gasteiger partial charge in [0.15, 0.2) is 0 Å². The smallest absolute Gasteiger partial charge is 0.236 e. The maximum Gasteiger partial charge on any atom is 0.236 e. The van der Waals surface area contributed by atoms with E-state index in [4.69, 9.17) is 9.15 Å². The molecule has 134 valence electrons. The molecule has 1 aromatic heterocycles. The van der Waals surface area contributed by atoms with Gasteiger partial charge in [-0.15, -0.1) is 10.2 Å². The number of nitrogens with zero attached hydrogens (tertiary/aromatic N) is 5. The van der Waals surface area contributed by atoms with E-state index in [9.17, 15) is 4.79 Å². The Morgan fingerprint density at radius 1 is 1.12 bits per heavy atom. The van der Waals surface area contributed by atoms with E-state index in [0.29, 0.717) is 18.3 Å². The van der Waals surface area contributed by atoms with Gasteiger partial charge in [-0.2, -0.15) is 0 Å². The molecule has 0 saturated carbocycles. The summed E-state index contributed by atoms with van der Waals surface area (Å²) in [6, 6.07) is 0.0919. The predicted octanol–water partition coefficient (Wildman–Crippen LogP) is 0.169. The number of aromatic nitrogens is 2. The molecular weight excluding hydrogens is 310 g/mol. The topological polar surface area (TPSA) is 74.9 Å². The standard InChI is InChI=1S/C16H27N5O3/c1-3-14-17-18-16(24-14)13(2)20-4-6-21(7-5-20)15(22)12-19-8-10-23-11-9-19/h13H,3-12H2,1-2H3/t13-/m0/s1. The Kier molecular flexibility index (Phi) is 5.80. The summed E-state index contributed by atoms with van der Waals surface area (Å²) in [7, 11) is 0. The van der Waals surface area contributed by atoms with E-state index in [2.05, 4.69) is 26.9 Å². The third kappa shape index (κ3) is 4.12. The van der Waals surface area contributed by atoms with Gasteiger partial charge in [0.05, 0.1) is 25.8 Å². The van der Waals surface area contributed by atoms with Crippen LogP contribution in [0.4, 0.5) is 0 Å². The van der Waals surface area contributed by atoms with Gasteiger partial charge >= 0.3 is 0 Å². The minimum atomic E-state index is 0.0919. The second-order valence-corrected chi connectivity index (χ2v) is 6.37. The minimum Gasteiger partial charge on any atom is -0.424 e. The number of aryl methyl sites for hydroxylation is 1. The van der Waals surface area contributed by atoms with Crippen LogP contribution in [0.15, 0.2) is 4.42 Å². The number of amides is 1. The molecule has 0 aromatic carbocycles. The summed E-state index contributed by atoms with van der Waals surface area (Å²) in [4.78, 5) is 18.9. The summed E-state index contributed by atoms with van der Waals surface area (Å²) >= 11 is 0. The molecule has 1 amide bonds. The lowest BCUT2D eigenvalue weighted by molar-refractivity contribution is -0.135. The highest BCUT2D eigenvalue weighted by Crippen LogP contribution is 2.20. The molecule has 0 spiro atoms. The Hall–Kier alpha value is -1.51. The van der Waals surface area contributed by atoms with Gasteiger partial charge in [-0.05, 0) is 6.92 Å². The third-order valence-corrected chi connectivity index (χ3v) is 4.82. The fourth-order valence-corrected chi connectivity index (χ4v) is 3.14. The van der Waals surface area contributed by atoms with Gasteiger partial charge in [0.1, 0.15) is 0 Å². The molecule has 0 aliphatic carbocycles. The van der Waals surface area contributed by atoms with E-state index in [1.807, 2.05) is 11.8 Å². The van der Waals surface area contributed by atoms with Gasteiger partial charge in [-0.25, -0.2) is 0 Å². The molecule has 3 rings (SSSR count). The Morgan fingerprint density at radius 3 is 2.46 bits per heavy atom. The maximum absolute atomic E-state index is 12.4. The average molecular weight is 337 g/mol. The summed E-state index contributed by atoms with van der Waals surface area (Å²) in [6.07, 6.45) is 0.754. The van der Waals surface area contributed by atoms with Crippen LogP contribution in [-0.4, -0.2) is 89.8 Å². The average Bonchev–Trinajstić information content (AvgIpc) is 3.11. The SMILES string of the molecule is CCc1nnc([C@H](C)N2CCN(C(=O)CN3CCOCC3)CC2)o1. The van der Waals surface area contributed by atoms with Crippen molar-refractivity contribution in [2.75, 3.05) is 59.0 Å². The van der Waals surface area contributed by atoms with Crippen LogP contribution in [0.25, 0.3) is 0 Å². The van der Waals surface area contributed by atoms with Crippen molar-refractivity contribution in [3.05, 3.63) is 11.8 Å². The number of ether oxygens (including phenoxy) is 1. The van der Waals surface area contributed by atoms with Crippen LogP contribution in [0.1, 0.15) is 31.7 Å². The molecule has 0 radical (unpaired) electrons. The first-order valence-electron chi connectivity index (χ1n) is 8.81. The molecule has 2 saturated heterocycles. The zero-order valence-electron chi connectivity index (χ0n) is 14.6. The molecule has 1 aromatic rings. The largest absolute Gasteiger partial charge is 0.424 e. The Labute approximate surface area is 142 Å². The zero-order chi connectivity index (χ0) is 16.9. The van der Waals surface area contributed by atoms with E-state index in [0.717, 1.165) is 58.9 Å². The third-order valence-electron chi connectivity index (χ3n) is 4.82. The number of hydrogen-bond donors (Lipinski definition) is 0. The fraction of sp³-hybridized carbons (Fsp3) is 0.812. The van der Waals surface area contributed by atoms with Crippen LogP contribution in [0.5, 0.6) is 0 Å². The predicted molar refractivity (Wildman–Crippen MR) is 87.5 cm³/mol. The first kappa shape index (κ1) is 17.3. The first-order valence-corrected chi connectivity index (χ1v) is 8.81. The van der Waals surface area contributed by atoms with Crippen LogP contribution in [0.3, 0.4) is 0 Å². The molecule has 8 nitrogen and oxygen atoms in total. The first-order chi connectivity index (χ1) is 11.7. The van der Waals surface area contributed by atoms with Crippen LogP contribution in [0, 0.1) is 0 Å². The van der Waals surface area contributed by atoms with E-state index >= 15 is 0 Å². The van der Waals surface area contributed by atoms with Crippen molar-refractivity contribution >= 4 is 5.91 Å². The van der Waals surface area contributed by atoms with Gasteiger partial charge < -0.3 is 14.1 Å². The highest BCUT2D eigenvalue weighted by molar-refractivity contribution is 5.78. The molecule has 0 bridgehead atoms. The molecule has 1 atom stereocenters. The normalized spacial score (nSPS) is 21.8. The summed E-state index contributed by atoms with van der Waals surface area (Å²) in [6.45, 7) is 10.9. The van der Waals surface area contributed by atoms with Crippen LogP contribution in [0.2, 0.25) is 0 Å². The van der Waals surface area contributed by atoms with Crippen LogP contribution in [-0.2, 0) is 16.0 Å². The lowest BCUT2D eigenvalue weighted by Gasteiger charge is -2.38. The highest BCUT2D eigenvalue weighted by Gasteiger charge is 2.28. The number of carbonyl (C=O) groups is 1. The van der Waals surface area contributed by atoms with Crippen molar-refractivity contribution in [3.8, 4) is 0 Å². The van der Waals surface area contributed by atoms with Gasteiger partial charge in [-0.3, -0.25) is 14.6 Å². The Bertz CT molecular complexity index is 536. The monoisotopic (exact) mass is 337 g/mol. The summed E-state index contributed by atoms with van der Waals surface area (Å²) in [5, 5.41) is 8.17.